The van der Waals surface area contributed by atoms with Gasteiger partial charge in [0, 0.05) is 22.8 Å². The van der Waals surface area contributed by atoms with E-state index in [2.05, 4.69) is 5.32 Å². The van der Waals surface area contributed by atoms with E-state index in [1.165, 1.54) is 16.7 Å². The highest BCUT2D eigenvalue weighted by Crippen LogP contribution is 2.55. The van der Waals surface area contributed by atoms with Crippen LogP contribution in [0.5, 0.6) is 0 Å². The van der Waals surface area contributed by atoms with Gasteiger partial charge in [0.1, 0.15) is 6.54 Å². The number of carbonyl (C=O) groups excluding carboxylic acids is 3. The second-order valence-electron chi connectivity index (χ2n) is 8.71. The second kappa shape index (κ2) is 9.06. The van der Waals surface area contributed by atoms with Gasteiger partial charge in [-0.1, -0.05) is 54.1 Å². The van der Waals surface area contributed by atoms with Gasteiger partial charge in [-0.15, -0.1) is 11.8 Å². The molecule has 8 heteroatoms. The van der Waals surface area contributed by atoms with Crippen LogP contribution in [0.2, 0.25) is 5.02 Å². The highest BCUT2D eigenvalue weighted by molar-refractivity contribution is 8.02. The van der Waals surface area contributed by atoms with Crippen LogP contribution < -0.4 is 15.1 Å². The van der Waals surface area contributed by atoms with E-state index in [0.717, 1.165) is 22.3 Å². The first kappa shape index (κ1) is 23.5. The zero-order chi connectivity index (χ0) is 24.7. The molecule has 6 nitrogen and oxygen atoms in total. The molecule has 0 bridgehead atoms. The smallest absolute Gasteiger partial charge is 0.269 e. The fraction of sp³-hybridized carbons (Fsp3) is 0.222. The summed E-state index contributed by atoms with van der Waals surface area (Å²) >= 11 is 7.51. The summed E-state index contributed by atoms with van der Waals surface area (Å²) in [6.07, 6.45) is 0. The summed E-state index contributed by atoms with van der Waals surface area (Å²) in [5.41, 5.74) is 4.98. The fourth-order valence-electron chi connectivity index (χ4n) is 4.61. The molecule has 178 valence electrons. The van der Waals surface area contributed by atoms with Crippen LogP contribution in [-0.2, 0) is 25.8 Å². The summed E-state index contributed by atoms with van der Waals surface area (Å²) in [6, 6.07) is 20.5. The lowest BCUT2D eigenvalue weighted by molar-refractivity contribution is -0.125. The van der Waals surface area contributed by atoms with Crippen molar-refractivity contribution in [2.45, 2.75) is 25.3 Å². The topological polar surface area (TPSA) is 69.7 Å². The maximum absolute atomic E-state index is 14.0. The Morgan fingerprint density at radius 1 is 1.03 bits per heavy atom. The quantitative estimate of drug-likeness (QED) is 0.552. The molecular weight excluding hydrogens is 482 g/mol. The molecule has 1 saturated heterocycles. The van der Waals surface area contributed by atoms with Crippen molar-refractivity contribution in [1.29, 1.82) is 0 Å². The van der Waals surface area contributed by atoms with Crippen molar-refractivity contribution in [2.24, 2.45) is 0 Å². The van der Waals surface area contributed by atoms with Gasteiger partial charge in [-0.3, -0.25) is 24.2 Å². The molecule has 1 spiro atoms. The summed E-state index contributed by atoms with van der Waals surface area (Å²) in [5.74, 6) is -0.552. The van der Waals surface area contributed by atoms with Gasteiger partial charge >= 0.3 is 0 Å². The number of fused-ring (bicyclic) bond motifs is 2. The van der Waals surface area contributed by atoms with Crippen LogP contribution in [0.3, 0.4) is 0 Å². The number of anilines is 2. The number of carbonyl (C=O) groups is 3. The lowest BCUT2D eigenvalue weighted by Gasteiger charge is -2.33. The normalized spacial score (nSPS) is 18.9. The van der Waals surface area contributed by atoms with E-state index in [-0.39, 0.29) is 36.6 Å². The zero-order valence-corrected chi connectivity index (χ0v) is 20.9. The Labute approximate surface area is 213 Å². The predicted molar refractivity (Wildman–Crippen MR) is 140 cm³/mol. The molecule has 2 aliphatic rings. The SMILES string of the molecule is Cc1ccc(N2C(=O)CS[C@@]23C(=O)N(CC(=O)NCc2ccccc2Cl)c2ccccc23)cc1C. The molecule has 0 aromatic heterocycles. The third kappa shape index (κ3) is 3.89. The molecule has 1 N–H and O–H groups in total. The van der Waals surface area contributed by atoms with Crippen molar-refractivity contribution in [3.63, 3.8) is 0 Å². The molecule has 5 rings (SSSR count). The van der Waals surface area contributed by atoms with Crippen LogP contribution in [0, 0.1) is 13.8 Å². The Kier molecular flexibility index (Phi) is 6.07. The lowest BCUT2D eigenvalue weighted by Crippen LogP contribution is -2.51. The van der Waals surface area contributed by atoms with Gasteiger partial charge in [-0.2, -0.15) is 0 Å². The molecule has 0 unspecified atom stereocenters. The van der Waals surface area contributed by atoms with E-state index in [9.17, 15) is 14.4 Å². The number of nitrogens with one attached hydrogen (secondary N) is 1. The van der Waals surface area contributed by atoms with E-state index in [4.69, 9.17) is 11.6 Å². The summed E-state index contributed by atoms with van der Waals surface area (Å²) in [7, 11) is 0. The van der Waals surface area contributed by atoms with E-state index in [1.807, 2.05) is 74.5 Å². The molecular formula is C27H24ClN3O3S. The van der Waals surface area contributed by atoms with Crippen LogP contribution in [0.4, 0.5) is 11.4 Å². The minimum atomic E-state index is -1.24. The number of nitrogens with zero attached hydrogens (tertiary/aromatic N) is 2. The molecule has 1 atom stereocenters. The molecule has 0 aliphatic carbocycles. The summed E-state index contributed by atoms with van der Waals surface area (Å²) in [6.45, 7) is 4.10. The lowest BCUT2D eigenvalue weighted by atomic mass is 10.0. The zero-order valence-electron chi connectivity index (χ0n) is 19.4. The first-order valence-corrected chi connectivity index (χ1v) is 12.6. The second-order valence-corrected chi connectivity index (χ2v) is 10.3. The molecule has 3 aromatic rings. The van der Waals surface area contributed by atoms with Crippen LogP contribution in [0.1, 0.15) is 22.3 Å². The molecule has 0 saturated carbocycles. The number of para-hydroxylation sites is 1. The van der Waals surface area contributed by atoms with Gasteiger partial charge in [-0.25, -0.2) is 0 Å². The summed E-state index contributed by atoms with van der Waals surface area (Å²) < 4.78 is 0. The van der Waals surface area contributed by atoms with Crippen molar-refractivity contribution in [3.05, 3.63) is 94.0 Å². The Hall–Kier alpha value is -3.29. The number of amides is 3. The highest BCUT2D eigenvalue weighted by Gasteiger charge is 2.61. The number of hydrogen-bond donors (Lipinski definition) is 1. The summed E-state index contributed by atoms with van der Waals surface area (Å²) in [4.78, 5) is 41.9. The van der Waals surface area contributed by atoms with Crippen LogP contribution >= 0.6 is 23.4 Å². The van der Waals surface area contributed by atoms with Crippen LogP contribution in [0.25, 0.3) is 0 Å². The largest absolute Gasteiger partial charge is 0.350 e. The van der Waals surface area contributed by atoms with Gasteiger partial charge < -0.3 is 5.32 Å². The maximum Gasteiger partial charge on any atom is 0.269 e. The third-order valence-corrected chi connectivity index (χ3v) is 8.30. The average molecular weight is 506 g/mol. The van der Waals surface area contributed by atoms with Crippen molar-refractivity contribution in [2.75, 3.05) is 22.1 Å². The Morgan fingerprint density at radius 3 is 2.54 bits per heavy atom. The van der Waals surface area contributed by atoms with Crippen molar-refractivity contribution in [3.8, 4) is 0 Å². The summed E-state index contributed by atoms with van der Waals surface area (Å²) in [5, 5.41) is 3.43. The number of halogens is 1. The van der Waals surface area contributed by atoms with Gasteiger partial charge in [0.15, 0.2) is 0 Å². The molecule has 0 radical (unpaired) electrons. The monoisotopic (exact) mass is 505 g/mol. The number of aryl methyl sites for hydroxylation is 2. The van der Waals surface area contributed by atoms with Crippen molar-refractivity contribution < 1.29 is 14.4 Å². The number of benzene rings is 3. The predicted octanol–water partition coefficient (Wildman–Crippen LogP) is 4.55. The first-order valence-electron chi connectivity index (χ1n) is 11.3. The molecule has 35 heavy (non-hydrogen) atoms. The van der Waals surface area contributed by atoms with E-state index in [1.54, 1.807) is 11.0 Å². The first-order chi connectivity index (χ1) is 16.8. The van der Waals surface area contributed by atoms with Crippen molar-refractivity contribution >= 4 is 52.5 Å². The van der Waals surface area contributed by atoms with Crippen molar-refractivity contribution in [1.82, 2.24) is 5.32 Å². The number of thioether (sulfide) groups is 1. The van der Waals surface area contributed by atoms with E-state index in [0.29, 0.717) is 16.4 Å². The fourth-order valence-corrected chi connectivity index (χ4v) is 6.17. The van der Waals surface area contributed by atoms with Gasteiger partial charge in [0.25, 0.3) is 5.91 Å². The van der Waals surface area contributed by atoms with Crippen LogP contribution in [0.15, 0.2) is 66.7 Å². The number of rotatable bonds is 5. The maximum atomic E-state index is 14.0. The Morgan fingerprint density at radius 2 is 1.77 bits per heavy atom. The molecule has 2 heterocycles. The standard InChI is InChI=1S/C27H24ClN3O3S/c1-17-11-12-20(13-18(17)2)31-25(33)16-35-27(31)21-8-4-6-10-23(21)30(26(27)34)15-24(32)29-14-19-7-3-5-9-22(19)28/h3-13H,14-16H2,1-2H3,(H,29,32)/t27-/m0/s1. The minimum absolute atomic E-state index is 0.133. The highest BCUT2D eigenvalue weighted by atomic mass is 35.5. The Bertz CT molecular complexity index is 1360. The van der Waals surface area contributed by atoms with E-state index < -0.39 is 4.87 Å². The molecule has 3 aromatic carbocycles. The minimum Gasteiger partial charge on any atom is -0.350 e. The van der Waals surface area contributed by atoms with Gasteiger partial charge in [0.2, 0.25) is 16.7 Å². The molecule has 3 amide bonds. The number of hydrogen-bond acceptors (Lipinski definition) is 4. The van der Waals surface area contributed by atoms with Gasteiger partial charge in [-0.05, 0) is 54.8 Å². The van der Waals surface area contributed by atoms with E-state index >= 15 is 0 Å². The average Bonchev–Trinajstić information content (AvgIpc) is 3.31. The third-order valence-electron chi connectivity index (χ3n) is 6.55. The van der Waals surface area contributed by atoms with Gasteiger partial charge in [0.05, 0.1) is 11.4 Å². The molecule has 1 fully saturated rings. The Balaban J connectivity index is 1.47. The molecule has 2 aliphatic heterocycles. The van der Waals surface area contributed by atoms with Crippen LogP contribution in [-0.4, -0.2) is 30.0 Å².